The zero-order chi connectivity index (χ0) is 21.1. The molecule has 3 aromatic rings. The van der Waals surface area contributed by atoms with Crippen LogP contribution < -0.4 is 4.80 Å². The van der Waals surface area contributed by atoms with Crippen molar-refractivity contribution in [3.8, 4) is 0 Å². The third-order valence-corrected chi connectivity index (χ3v) is 9.25. The Bertz CT molecular complexity index is 1250. The van der Waals surface area contributed by atoms with Crippen molar-refractivity contribution in [2.24, 2.45) is 4.99 Å². The van der Waals surface area contributed by atoms with E-state index in [1.165, 1.54) is 23.1 Å². The molecule has 156 valence electrons. The summed E-state index contributed by atoms with van der Waals surface area (Å²) in [5.74, 6) is 0.0250. The monoisotopic (exact) mass is 478 g/mol. The van der Waals surface area contributed by atoms with E-state index in [-0.39, 0.29) is 22.7 Å². The molecule has 4 rings (SSSR count). The van der Waals surface area contributed by atoms with Crippen LogP contribution in [0.2, 0.25) is 5.02 Å². The van der Waals surface area contributed by atoms with Gasteiger partial charge in [0.1, 0.15) is 0 Å². The topological polar surface area (TPSA) is 68.5 Å². The quantitative estimate of drug-likeness (QED) is 0.549. The fraction of sp³-hybridized carbons (Fsp3) is 0.238. The van der Waals surface area contributed by atoms with Gasteiger partial charge in [-0.3, -0.25) is 4.79 Å². The number of thioether (sulfide) groups is 1. The molecule has 1 unspecified atom stereocenters. The first-order valence-corrected chi connectivity index (χ1v) is 13.3. The zero-order valence-corrected chi connectivity index (χ0v) is 19.1. The Hall–Kier alpha value is -1.87. The molecule has 5 nitrogen and oxygen atoms in total. The van der Waals surface area contributed by atoms with Crippen molar-refractivity contribution >= 4 is 50.4 Å². The summed E-state index contributed by atoms with van der Waals surface area (Å²) in [5, 5.41) is 2.52. The summed E-state index contributed by atoms with van der Waals surface area (Å²) in [7, 11) is -2.97. The summed E-state index contributed by atoms with van der Waals surface area (Å²) in [6, 6.07) is 14.8. The van der Waals surface area contributed by atoms with Crippen LogP contribution in [0.5, 0.6) is 0 Å². The molecule has 1 aliphatic rings. The van der Waals surface area contributed by atoms with Crippen LogP contribution in [0.4, 0.5) is 0 Å². The van der Waals surface area contributed by atoms with E-state index in [2.05, 4.69) is 4.99 Å². The molecule has 1 saturated heterocycles. The maximum absolute atomic E-state index is 13.0. The second-order valence-corrected chi connectivity index (χ2v) is 11.8. The zero-order valence-electron chi connectivity index (χ0n) is 15.9. The van der Waals surface area contributed by atoms with Crippen molar-refractivity contribution in [3.63, 3.8) is 0 Å². The molecule has 2 heterocycles. The van der Waals surface area contributed by atoms with Crippen molar-refractivity contribution in [3.05, 3.63) is 81.1 Å². The van der Waals surface area contributed by atoms with Gasteiger partial charge in [-0.05, 0) is 30.2 Å². The van der Waals surface area contributed by atoms with Crippen molar-refractivity contribution in [1.82, 2.24) is 4.57 Å². The number of aromatic nitrogens is 1. The average Bonchev–Trinajstić information content (AvgIpc) is 3.29. The van der Waals surface area contributed by atoms with Crippen LogP contribution >= 0.6 is 34.7 Å². The molecule has 0 bridgehead atoms. The van der Waals surface area contributed by atoms with Gasteiger partial charge in [0, 0.05) is 26.7 Å². The maximum Gasteiger partial charge on any atom is 0.280 e. The van der Waals surface area contributed by atoms with E-state index in [0.29, 0.717) is 28.4 Å². The number of halogens is 1. The molecule has 0 spiro atoms. The fourth-order valence-corrected chi connectivity index (χ4v) is 7.79. The smallest absolute Gasteiger partial charge is 0.280 e. The third kappa shape index (κ3) is 5.06. The first-order chi connectivity index (χ1) is 14.4. The molecule has 1 amide bonds. The Kier molecular flexibility index (Phi) is 6.48. The van der Waals surface area contributed by atoms with E-state index in [9.17, 15) is 13.2 Å². The fourth-order valence-electron chi connectivity index (χ4n) is 3.24. The summed E-state index contributed by atoms with van der Waals surface area (Å²) in [4.78, 5) is 18.7. The lowest BCUT2D eigenvalue weighted by atomic mass is 10.2. The number of carbonyl (C=O) groups excluding carboxylic acids is 1. The molecule has 0 aliphatic carbocycles. The first kappa shape index (κ1) is 21.4. The van der Waals surface area contributed by atoms with Crippen molar-refractivity contribution in [2.45, 2.75) is 23.1 Å². The molecular formula is C21H19ClN2O3S3. The van der Waals surface area contributed by atoms with Gasteiger partial charge < -0.3 is 4.57 Å². The molecule has 1 fully saturated rings. The lowest BCUT2D eigenvalue weighted by Gasteiger charge is -2.10. The summed E-state index contributed by atoms with van der Waals surface area (Å²) in [6.45, 7) is 0.519. The highest BCUT2D eigenvalue weighted by molar-refractivity contribution is 8.02. The van der Waals surface area contributed by atoms with E-state index in [1.807, 2.05) is 52.5 Å². The molecule has 1 aromatic heterocycles. The number of hydrogen-bond donors (Lipinski definition) is 0. The Morgan fingerprint density at radius 3 is 2.73 bits per heavy atom. The molecule has 30 heavy (non-hydrogen) atoms. The third-order valence-electron chi connectivity index (χ3n) is 4.76. The van der Waals surface area contributed by atoms with Gasteiger partial charge >= 0.3 is 0 Å². The average molecular weight is 479 g/mol. The standard InChI is InChI=1S/C21H19ClN2O3S3/c22-18-7-3-1-5-15(18)13-24-10-11-28-21(24)23-20(25)17-6-2-4-8-19(17)29-16-9-12-30(26,27)14-16/h1-8,10-11,16H,9,12-14H2. The van der Waals surface area contributed by atoms with Crippen LogP contribution in [0.3, 0.4) is 0 Å². The number of benzene rings is 2. The largest absolute Gasteiger partial charge is 0.319 e. The highest BCUT2D eigenvalue weighted by atomic mass is 35.5. The van der Waals surface area contributed by atoms with Gasteiger partial charge in [0.2, 0.25) is 0 Å². The predicted octanol–water partition coefficient (Wildman–Crippen LogP) is 4.27. The molecular weight excluding hydrogens is 460 g/mol. The van der Waals surface area contributed by atoms with E-state index >= 15 is 0 Å². The minimum Gasteiger partial charge on any atom is -0.319 e. The summed E-state index contributed by atoms with van der Waals surface area (Å²) in [6.07, 6.45) is 2.49. The molecule has 0 radical (unpaired) electrons. The second kappa shape index (κ2) is 9.09. The van der Waals surface area contributed by atoms with Gasteiger partial charge in [0.15, 0.2) is 14.6 Å². The molecule has 1 atom stereocenters. The number of sulfone groups is 1. The Morgan fingerprint density at radius 1 is 1.20 bits per heavy atom. The summed E-state index contributed by atoms with van der Waals surface area (Å²) in [5.41, 5.74) is 1.44. The Morgan fingerprint density at radius 2 is 1.97 bits per heavy atom. The lowest BCUT2D eigenvalue weighted by molar-refractivity contribution is 0.0995. The van der Waals surface area contributed by atoms with Gasteiger partial charge in [-0.15, -0.1) is 23.1 Å². The summed E-state index contributed by atoms with van der Waals surface area (Å²) >= 11 is 9.10. The number of nitrogens with zero attached hydrogens (tertiary/aromatic N) is 2. The minimum atomic E-state index is -2.97. The van der Waals surface area contributed by atoms with Crippen LogP contribution in [0.15, 0.2) is 70.0 Å². The van der Waals surface area contributed by atoms with Gasteiger partial charge in [0.05, 0.1) is 23.6 Å². The Balaban J connectivity index is 1.59. The highest BCUT2D eigenvalue weighted by Crippen LogP contribution is 2.33. The van der Waals surface area contributed by atoms with Crippen LogP contribution in [-0.4, -0.2) is 35.6 Å². The van der Waals surface area contributed by atoms with E-state index in [0.717, 1.165) is 10.5 Å². The van der Waals surface area contributed by atoms with E-state index < -0.39 is 9.84 Å². The second-order valence-electron chi connectivity index (χ2n) is 6.96. The molecule has 2 aromatic carbocycles. The Labute approximate surface area is 188 Å². The van der Waals surface area contributed by atoms with Gasteiger partial charge in [-0.1, -0.05) is 41.9 Å². The van der Waals surface area contributed by atoms with E-state index in [4.69, 9.17) is 11.6 Å². The van der Waals surface area contributed by atoms with Crippen molar-refractivity contribution in [1.29, 1.82) is 0 Å². The van der Waals surface area contributed by atoms with Crippen molar-refractivity contribution in [2.75, 3.05) is 11.5 Å². The number of carbonyl (C=O) groups is 1. The highest BCUT2D eigenvalue weighted by Gasteiger charge is 2.29. The van der Waals surface area contributed by atoms with Crippen LogP contribution in [0.1, 0.15) is 22.3 Å². The molecule has 0 N–H and O–H groups in total. The number of hydrogen-bond acceptors (Lipinski definition) is 5. The van der Waals surface area contributed by atoms with E-state index in [1.54, 1.807) is 12.1 Å². The molecule has 1 aliphatic heterocycles. The minimum absolute atomic E-state index is 0.0316. The number of amides is 1. The van der Waals surface area contributed by atoms with Crippen molar-refractivity contribution < 1.29 is 13.2 Å². The maximum atomic E-state index is 13.0. The van der Waals surface area contributed by atoms with Gasteiger partial charge in [0.25, 0.3) is 5.91 Å². The lowest BCUT2D eigenvalue weighted by Crippen LogP contribution is -2.17. The van der Waals surface area contributed by atoms with Crippen LogP contribution in [-0.2, 0) is 16.4 Å². The summed E-state index contributed by atoms with van der Waals surface area (Å²) < 4.78 is 25.4. The van der Waals surface area contributed by atoms with Crippen LogP contribution in [0.25, 0.3) is 0 Å². The number of thiazole rings is 1. The first-order valence-electron chi connectivity index (χ1n) is 9.34. The number of rotatable bonds is 5. The SMILES string of the molecule is O=C(N=c1sccn1Cc1ccccc1Cl)c1ccccc1SC1CCS(=O)(=O)C1. The van der Waals surface area contributed by atoms with Gasteiger partial charge in [-0.2, -0.15) is 4.99 Å². The molecule has 0 saturated carbocycles. The van der Waals surface area contributed by atoms with Crippen LogP contribution in [0, 0.1) is 0 Å². The molecule has 9 heteroatoms. The van der Waals surface area contributed by atoms with Gasteiger partial charge in [-0.25, -0.2) is 8.42 Å². The predicted molar refractivity (Wildman–Crippen MR) is 122 cm³/mol. The normalized spacial score (nSPS) is 18.6.